The Morgan fingerprint density at radius 2 is 1.94 bits per heavy atom. The summed E-state index contributed by atoms with van der Waals surface area (Å²) in [5.74, 6) is 2.37. The zero-order valence-corrected chi connectivity index (χ0v) is 18.2. The van der Waals surface area contributed by atoms with E-state index in [1.165, 1.54) is 19.3 Å². The van der Waals surface area contributed by atoms with E-state index in [4.69, 9.17) is 10.5 Å². The number of amides is 1. The molecule has 168 valence electrons. The number of hydrogen-bond donors (Lipinski definition) is 2. The van der Waals surface area contributed by atoms with E-state index in [0.717, 1.165) is 55.6 Å². The van der Waals surface area contributed by atoms with Gasteiger partial charge in [0.25, 0.3) is 0 Å². The summed E-state index contributed by atoms with van der Waals surface area (Å²) in [6, 6.07) is 4.42. The van der Waals surface area contributed by atoms with Crippen molar-refractivity contribution in [2.75, 3.05) is 35.6 Å². The maximum Gasteiger partial charge on any atom is 0.320 e. The third-order valence-corrected chi connectivity index (χ3v) is 7.11. The lowest BCUT2D eigenvalue weighted by atomic mass is 10.2. The maximum atomic E-state index is 12.4. The number of aromatic nitrogens is 3. The van der Waals surface area contributed by atoms with Crippen LogP contribution in [0.4, 0.5) is 17.3 Å². The Labute approximate surface area is 187 Å². The Balaban J connectivity index is 1.22. The fraction of sp³-hybridized carbons (Fsp3) is 0.565. The number of ether oxygens (including phenoxy) is 1. The van der Waals surface area contributed by atoms with E-state index < -0.39 is 0 Å². The smallest absolute Gasteiger partial charge is 0.320 e. The molecular weight excluding hydrogens is 406 g/mol. The molecule has 2 aromatic heterocycles. The summed E-state index contributed by atoms with van der Waals surface area (Å²) in [6.07, 6.45) is 8.00. The molecule has 3 atom stereocenters. The molecule has 0 radical (unpaired) electrons. The first-order valence-electron chi connectivity index (χ1n) is 11.7. The van der Waals surface area contributed by atoms with Gasteiger partial charge in [-0.05, 0) is 74.7 Å². The first-order chi connectivity index (χ1) is 15.6. The molecule has 4 aliphatic rings. The van der Waals surface area contributed by atoms with Crippen molar-refractivity contribution in [3.63, 3.8) is 0 Å². The SMILES string of the molecule is Nc1nc(O[C@@H]2C[C@@H]3C[C@@H]3C2)nc2c1NC(=O)CN2Cc1ccnc(CN2CCCC2)c1. The van der Waals surface area contributed by atoms with Gasteiger partial charge in [-0.1, -0.05) is 0 Å². The lowest BCUT2D eigenvalue weighted by Gasteiger charge is -2.30. The summed E-state index contributed by atoms with van der Waals surface area (Å²) >= 11 is 0. The Morgan fingerprint density at radius 3 is 2.75 bits per heavy atom. The molecule has 0 bridgehead atoms. The van der Waals surface area contributed by atoms with Gasteiger partial charge in [-0.2, -0.15) is 9.97 Å². The highest BCUT2D eigenvalue weighted by atomic mass is 16.5. The molecule has 6 rings (SSSR count). The van der Waals surface area contributed by atoms with Crippen molar-refractivity contribution in [2.45, 2.75) is 51.3 Å². The molecule has 2 saturated carbocycles. The molecule has 3 N–H and O–H groups in total. The molecule has 9 nitrogen and oxygen atoms in total. The van der Waals surface area contributed by atoms with Gasteiger partial charge in [0.15, 0.2) is 11.6 Å². The molecule has 32 heavy (non-hydrogen) atoms. The van der Waals surface area contributed by atoms with E-state index in [1.807, 2.05) is 17.2 Å². The average Bonchev–Trinajstić information content (AvgIpc) is 3.11. The van der Waals surface area contributed by atoms with Crippen LogP contribution in [-0.4, -0.2) is 51.5 Å². The molecular formula is C23H29N7O2. The quantitative estimate of drug-likeness (QED) is 0.711. The molecule has 2 aliphatic heterocycles. The van der Waals surface area contributed by atoms with E-state index in [0.29, 0.717) is 24.1 Å². The molecule has 1 saturated heterocycles. The fourth-order valence-electron chi connectivity index (χ4n) is 5.41. The first-order valence-corrected chi connectivity index (χ1v) is 11.7. The van der Waals surface area contributed by atoms with Crippen LogP contribution in [0.3, 0.4) is 0 Å². The van der Waals surface area contributed by atoms with Crippen molar-refractivity contribution in [1.82, 2.24) is 19.9 Å². The lowest BCUT2D eigenvalue weighted by molar-refractivity contribution is -0.115. The number of carbonyl (C=O) groups is 1. The van der Waals surface area contributed by atoms with Crippen molar-refractivity contribution >= 4 is 23.2 Å². The normalized spacial score (nSPS) is 26.6. The zero-order chi connectivity index (χ0) is 21.7. The van der Waals surface area contributed by atoms with Crippen LogP contribution in [0.1, 0.15) is 43.4 Å². The van der Waals surface area contributed by atoms with Crippen molar-refractivity contribution < 1.29 is 9.53 Å². The van der Waals surface area contributed by atoms with Gasteiger partial charge in [-0.25, -0.2) is 0 Å². The van der Waals surface area contributed by atoms with Crippen LogP contribution >= 0.6 is 0 Å². The standard InChI is InChI=1S/C23H29N7O2/c24-21-20-22(28-23(27-21)32-18-9-15-8-16(15)10-18)30(13-19(31)26-20)11-14-3-4-25-17(7-14)12-29-5-1-2-6-29/h3-4,7,15-16,18H,1-2,5-6,8-13H2,(H,26,31)(H2,24,27,28)/t15-,16+,18+. The molecule has 2 aliphatic carbocycles. The minimum Gasteiger partial charge on any atom is -0.460 e. The van der Waals surface area contributed by atoms with Crippen LogP contribution in [0.25, 0.3) is 0 Å². The number of pyridine rings is 1. The summed E-state index contributed by atoms with van der Waals surface area (Å²) in [7, 11) is 0. The Morgan fingerprint density at radius 1 is 1.12 bits per heavy atom. The van der Waals surface area contributed by atoms with Crippen LogP contribution in [0.2, 0.25) is 0 Å². The topological polar surface area (TPSA) is 109 Å². The van der Waals surface area contributed by atoms with Crippen molar-refractivity contribution in [3.05, 3.63) is 29.6 Å². The molecule has 4 heterocycles. The summed E-state index contributed by atoms with van der Waals surface area (Å²) in [4.78, 5) is 30.3. The Bertz CT molecular complexity index is 1030. The van der Waals surface area contributed by atoms with Crippen LogP contribution in [0.15, 0.2) is 18.3 Å². The fourth-order valence-corrected chi connectivity index (χ4v) is 5.41. The number of fused-ring (bicyclic) bond motifs is 2. The predicted molar refractivity (Wildman–Crippen MR) is 120 cm³/mol. The molecule has 0 unspecified atom stereocenters. The second-order valence-electron chi connectivity index (χ2n) is 9.60. The van der Waals surface area contributed by atoms with Crippen LogP contribution in [0.5, 0.6) is 6.01 Å². The lowest BCUT2D eigenvalue weighted by Crippen LogP contribution is -2.39. The van der Waals surface area contributed by atoms with Gasteiger partial charge >= 0.3 is 6.01 Å². The van der Waals surface area contributed by atoms with Gasteiger partial charge in [-0.3, -0.25) is 14.7 Å². The van der Waals surface area contributed by atoms with E-state index in [9.17, 15) is 4.79 Å². The summed E-state index contributed by atoms with van der Waals surface area (Å²) in [5.41, 5.74) is 8.81. The summed E-state index contributed by atoms with van der Waals surface area (Å²) in [5, 5.41) is 2.83. The highest BCUT2D eigenvalue weighted by Crippen LogP contribution is 2.52. The third-order valence-electron chi connectivity index (χ3n) is 7.11. The van der Waals surface area contributed by atoms with E-state index in [-0.39, 0.29) is 24.4 Å². The Kier molecular flexibility index (Phi) is 4.86. The molecule has 0 aromatic carbocycles. The highest BCUT2D eigenvalue weighted by Gasteiger charge is 2.47. The maximum absolute atomic E-state index is 12.4. The van der Waals surface area contributed by atoms with E-state index in [1.54, 1.807) is 0 Å². The number of nitrogens with one attached hydrogen (secondary N) is 1. The second kappa shape index (κ2) is 7.88. The van der Waals surface area contributed by atoms with Crippen molar-refractivity contribution in [2.24, 2.45) is 11.8 Å². The average molecular weight is 436 g/mol. The van der Waals surface area contributed by atoms with Gasteiger partial charge in [0.05, 0.1) is 12.2 Å². The molecule has 2 aromatic rings. The van der Waals surface area contributed by atoms with E-state index >= 15 is 0 Å². The van der Waals surface area contributed by atoms with Gasteiger partial charge in [0, 0.05) is 19.3 Å². The monoisotopic (exact) mass is 435 g/mol. The second-order valence-corrected chi connectivity index (χ2v) is 9.60. The number of nitrogen functional groups attached to an aromatic ring is 1. The molecule has 3 fully saturated rings. The van der Waals surface area contributed by atoms with Gasteiger partial charge in [0.2, 0.25) is 5.91 Å². The number of likely N-dealkylation sites (tertiary alicyclic amines) is 1. The van der Waals surface area contributed by atoms with Crippen molar-refractivity contribution in [3.8, 4) is 6.01 Å². The molecule has 1 amide bonds. The summed E-state index contributed by atoms with van der Waals surface area (Å²) < 4.78 is 6.08. The summed E-state index contributed by atoms with van der Waals surface area (Å²) in [6.45, 7) is 3.88. The number of hydrogen-bond acceptors (Lipinski definition) is 8. The minimum absolute atomic E-state index is 0.122. The van der Waals surface area contributed by atoms with Gasteiger partial charge < -0.3 is 20.7 Å². The predicted octanol–water partition coefficient (Wildman–Crippen LogP) is 2.19. The molecule has 0 spiro atoms. The number of anilines is 3. The number of carbonyl (C=O) groups excluding carboxylic acids is 1. The van der Waals surface area contributed by atoms with Gasteiger partial charge in [-0.15, -0.1) is 0 Å². The Hall–Kier alpha value is -2.94. The van der Waals surface area contributed by atoms with E-state index in [2.05, 4.69) is 31.2 Å². The highest BCUT2D eigenvalue weighted by molar-refractivity contribution is 6.03. The minimum atomic E-state index is -0.122. The first kappa shape index (κ1) is 19.7. The zero-order valence-electron chi connectivity index (χ0n) is 18.2. The van der Waals surface area contributed by atoms with Crippen molar-refractivity contribution in [1.29, 1.82) is 0 Å². The number of nitrogens with zero attached hydrogens (tertiary/aromatic N) is 5. The van der Waals surface area contributed by atoms with Crippen LogP contribution < -0.4 is 20.7 Å². The third kappa shape index (κ3) is 3.97. The van der Waals surface area contributed by atoms with Crippen LogP contribution in [0, 0.1) is 11.8 Å². The largest absolute Gasteiger partial charge is 0.460 e. The van der Waals surface area contributed by atoms with Crippen LogP contribution in [-0.2, 0) is 17.9 Å². The van der Waals surface area contributed by atoms with Gasteiger partial charge in [0.1, 0.15) is 11.8 Å². The molecule has 9 heteroatoms. The number of nitrogens with two attached hydrogens (primary N) is 1. The number of rotatable bonds is 6.